The van der Waals surface area contributed by atoms with Crippen LogP contribution in [0.5, 0.6) is 5.75 Å². The lowest BCUT2D eigenvalue weighted by atomic mass is 10.0. The van der Waals surface area contributed by atoms with Crippen LogP contribution in [0, 0.1) is 24.4 Å². The molecule has 2 atom stereocenters. The van der Waals surface area contributed by atoms with Crippen LogP contribution in [-0.4, -0.2) is 32.3 Å². The molecule has 7 nitrogen and oxygen atoms in total. The number of fused-ring (bicyclic) bond motifs is 1. The van der Waals surface area contributed by atoms with Crippen molar-refractivity contribution in [3.8, 4) is 16.9 Å². The number of nitrogens with zero attached hydrogens (tertiary/aromatic N) is 3. The third-order valence-electron chi connectivity index (χ3n) is 5.82. The zero-order valence-electron chi connectivity index (χ0n) is 18.6. The quantitative estimate of drug-likeness (QED) is 0.638. The van der Waals surface area contributed by atoms with Crippen LogP contribution in [0.4, 0.5) is 10.1 Å². The summed E-state index contributed by atoms with van der Waals surface area (Å²) in [6.45, 7) is 5.65. The molecule has 9 heteroatoms. The van der Waals surface area contributed by atoms with Crippen LogP contribution in [-0.2, 0) is 28.1 Å². The lowest BCUT2D eigenvalue weighted by molar-refractivity contribution is -0.125. The lowest BCUT2D eigenvalue weighted by Crippen LogP contribution is -2.44. The highest BCUT2D eigenvalue weighted by molar-refractivity contribution is 7.91. The van der Waals surface area contributed by atoms with Gasteiger partial charge in [0.05, 0.1) is 27.7 Å². The third kappa shape index (κ3) is 3.77. The number of nitrogens with one attached hydrogen (secondary N) is 1. The van der Waals surface area contributed by atoms with Gasteiger partial charge >= 0.3 is 0 Å². The van der Waals surface area contributed by atoms with Gasteiger partial charge < -0.3 is 9.64 Å². The number of benzene rings is 2. The molecule has 0 fully saturated rings. The van der Waals surface area contributed by atoms with Crippen molar-refractivity contribution < 1.29 is 18.1 Å². The number of aromatic nitrogens is 2. The highest BCUT2D eigenvalue weighted by atomic mass is 32.2. The van der Waals surface area contributed by atoms with Crippen molar-refractivity contribution in [2.45, 2.75) is 38.3 Å². The first-order valence-corrected chi connectivity index (χ1v) is 12.1. The van der Waals surface area contributed by atoms with E-state index in [1.54, 1.807) is 41.9 Å². The number of carbonyl (C=O) groups excluding carboxylic acids is 1. The Morgan fingerprint density at radius 3 is 2.56 bits per heavy atom. The topological polar surface area (TPSA) is 88.3 Å². The summed E-state index contributed by atoms with van der Waals surface area (Å²) in [5.41, 5.74) is 4.06. The normalized spacial score (nSPS) is 17.6. The Kier molecular flexibility index (Phi) is 5.32. The van der Waals surface area contributed by atoms with Gasteiger partial charge in [-0.1, -0.05) is 12.1 Å². The molecule has 0 radical (unpaired) electrons. The fourth-order valence-corrected chi connectivity index (χ4v) is 4.60. The van der Waals surface area contributed by atoms with E-state index in [9.17, 15) is 9.00 Å². The zero-order chi connectivity index (χ0) is 23.4. The second-order valence-corrected chi connectivity index (χ2v) is 10.3. The molecule has 3 aromatic rings. The maximum atomic E-state index is 15.2. The Morgan fingerprint density at radius 2 is 1.94 bits per heavy atom. The number of hydrogen-bond donors (Lipinski definition) is 1. The molecular weight excluding hydrogens is 431 g/mol. The van der Waals surface area contributed by atoms with Crippen molar-refractivity contribution >= 4 is 21.3 Å². The van der Waals surface area contributed by atoms with Gasteiger partial charge in [0.15, 0.2) is 17.7 Å². The number of carbonyl (C=O) groups is 1. The van der Waals surface area contributed by atoms with Crippen LogP contribution in [0.25, 0.3) is 11.1 Å². The maximum absolute atomic E-state index is 15.2. The van der Waals surface area contributed by atoms with Crippen molar-refractivity contribution in [1.82, 2.24) is 9.78 Å². The van der Waals surface area contributed by atoms with Gasteiger partial charge in [0.2, 0.25) is 0 Å². The Hall–Kier alpha value is -3.20. The number of ether oxygens (including phenoxy) is 1. The molecule has 1 aliphatic rings. The summed E-state index contributed by atoms with van der Waals surface area (Å²) in [4.78, 5) is 14.9. The summed E-state index contributed by atoms with van der Waals surface area (Å²) in [5, 5.41) is 4.42. The summed E-state index contributed by atoms with van der Waals surface area (Å²) in [6.07, 6.45) is 0.518. The van der Waals surface area contributed by atoms with Crippen molar-refractivity contribution in [1.29, 1.82) is 4.78 Å². The molecule has 0 aliphatic carbocycles. The van der Waals surface area contributed by atoms with Gasteiger partial charge in [0.1, 0.15) is 0 Å². The monoisotopic (exact) mass is 456 g/mol. The van der Waals surface area contributed by atoms with Crippen LogP contribution >= 0.6 is 0 Å². The van der Waals surface area contributed by atoms with Crippen molar-refractivity contribution in [3.05, 3.63) is 59.2 Å². The van der Waals surface area contributed by atoms with Crippen molar-refractivity contribution in [3.63, 3.8) is 0 Å². The van der Waals surface area contributed by atoms with Gasteiger partial charge in [-0.05, 0) is 56.2 Å². The van der Waals surface area contributed by atoms with Crippen molar-refractivity contribution in [2.75, 3.05) is 11.2 Å². The number of anilines is 1. The molecule has 1 amide bonds. The fourth-order valence-electron chi connectivity index (χ4n) is 3.91. The van der Waals surface area contributed by atoms with E-state index < -0.39 is 21.7 Å². The predicted octanol–water partition coefficient (Wildman–Crippen LogP) is 4.19. The molecule has 0 spiro atoms. The molecule has 0 bridgehead atoms. The number of rotatable bonds is 4. The maximum Gasteiger partial charge on any atom is 0.268 e. The largest absolute Gasteiger partial charge is 0.476 e. The van der Waals surface area contributed by atoms with Gasteiger partial charge in [-0.25, -0.2) is 13.4 Å². The average Bonchev–Trinajstić information content (AvgIpc) is 2.97. The molecular formula is C23H25FN4O3S. The molecule has 2 heterocycles. The van der Waals surface area contributed by atoms with Gasteiger partial charge in [0, 0.05) is 29.5 Å². The van der Waals surface area contributed by atoms with E-state index >= 15 is 4.39 Å². The predicted molar refractivity (Wildman–Crippen MR) is 121 cm³/mol. The molecule has 0 saturated carbocycles. The van der Waals surface area contributed by atoms with Gasteiger partial charge in [-0.15, -0.1) is 0 Å². The molecule has 1 N–H and O–H groups in total. The average molecular weight is 457 g/mol. The van der Waals surface area contributed by atoms with E-state index in [4.69, 9.17) is 9.52 Å². The zero-order valence-corrected chi connectivity index (χ0v) is 19.4. The summed E-state index contributed by atoms with van der Waals surface area (Å²) in [6, 6.07) is 9.70. The number of halogens is 1. The van der Waals surface area contributed by atoms with Crippen LogP contribution in [0.3, 0.4) is 0 Å². The Morgan fingerprint density at radius 1 is 1.22 bits per heavy atom. The molecule has 0 saturated heterocycles. The smallest absolute Gasteiger partial charge is 0.268 e. The van der Waals surface area contributed by atoms with Crippen LogP contribution < -0.4 is 9.64 Å². The minimum Gasteiger partial charge on any atom is -0.476 e. The molecule has 1 unspecified atom stereocenters. The first-order valence-electron chi connectivity index (χ1n) is 10.1. The summed E-state index contributed by atoms with van der Waals surface area (Å²) in [7, 11) is -1.09. The van der Waals surface area contributed by atoms with E-state index in [1.807, 2.05) is 20.9 Å². The van der Waals surface area contributed by atoms with Gasteiger partial charge in [-0.3, -0.25) is 9.48 Å². The van der Waals surface area contributed by atoms with E-state index in [2.05, 4.69) is 5.10 Å². The Labute approximate surface area is 186 Å². The Bertz CT molecular complexity index is 1350. The van der Waals surface area contributed by atoms with Crippen LogP contribution in [0.1, 0.15) is 23.9 Å². The number of amides is 1. The Balaban J connectivity index is 1.85. The summed E-state index contributed by atoms with van der Waals surface area (Å²) >= 11 is 0. The van der Waals surface area contributed by atoms with E-state index in [1.165, 1.54) is 17.2 Å². The van der Waals surface area contributed by atoms with E-state index in [0.717, 1.165) is 17.0 Å². The first kappa shape index (κ1) is 22.0. The molecule has 168 valence electrons. The van der Waals surface area contributed by atoms with Crippen LogP contribution in [0.15, 0.2) is 41.3 Å². The second kappa shape index (κ2) is 7.74. The van der Waals surface area contributed by atoms with Crippen LogP contribution in [0.2, 0.25) is 0 Å². The van der Waals surface area contributed by atoms with Gasteiger partial charge in [-0.2, -0.15) is 5.10 Å². The number of hydrogen-bond acceptors (Lipinski definition) is 5. The van der Waals surface area contributed by atoms with Crippen molar-refractivity contribution in [2.24, 2.45) is 7.05 Å². The summed E-state index contributed by atoms with van der Waals surface area (Å²) in [5.74, 6) is -0.834. The molecule has 32 heavy (non-hydrogen) atoms. The minimum absolute atomic E-state index is 0.0241. The molecule has 1 aromatic heterocycles. The third-order valence-corrected chi connectivity index (χ3v) is 6.97. The van der Waals surface area contributed by atoms with E-state index in [0.29, 0.717) is 21.7 Å². The standard InChI is InChI=1S/C23H25FN4O3S/c1-13-19(14(2)27(4)26-13)12-28-21-11-17(10-20(24)22(21)31-15(3)23(28)29)16-7-6-8-18(9-16)32(5,25)30/h6-11,15,25H,12H2,1-5H3/t15-,32?/m1/s1. The highest BCUT2D eigenvalue weighted by Gasteiger charge is 2.35. The highest BCUT2D eigenvalue weighted by Crippen LogP contribution is 2.41. The minimum atomic E-state index is -2.93. The molecule has 1 aliphatic heterocycles. The summed E-state index contributed by atoms with van der Waals surface area (Å²) < 4.78 is 42.6. The lowest BCUT2D eigenvalue weighted by Gasteiger charge is -2.33. The SMILES string of the molecule is Cc1nn(C)c(C)c1CN1C(=O)[C@@H](C)Oc2c(F)cc(-c3cccc(S(C)(=N)=O)c3)cc21. The fraction of sp³-hybridized carbons (Fsp3) is 0.304. The number of aryl methyl sites for hydroxylation is 2. The second-order valence-electron chi connectivity index (χ2n) is 8.14. The molecule has 4 rings (SSSR count). The first-order chi connectivity index (χ1) is 15.0. The molecule has 2 aromatic carbocycles. The van der Waals surface area contributed by atoms with E-state index in [-0.39, 0.29) is 18.2 Å². The van der Waals surface area contributed by atoms with Gasteiger partial charge in [0.25, 0.3) is 5.91 Å².